The molecule has 1 rings (SSSR count). The molecule has 23 heavy (non-hydrogen) atoms. The Morgan fingerprint density at radius 1 is 1.35 bits per heavy atom. The van der Waals surface area contributed by atoms with Crippen molar-refractivity contribution in [2.45, 2.75) is 38.6 Å². The quantitative estimate of drug-likeness (QED) is 0.724. The molecule has 0 saturated carbocycles. The van der Waals surface area contributed by atoms with Crippen molar-refractivity contribution < 1.29 is 22.7 Å². The van der Waals surface area contributed by atoms with E-state index < -0.39 is 23.9 Å². The third-order valence-corrected chi connectivity index (χ3v) is 4.33. The van der Waals surface area contributed by atoms with Gasteiger partial charge in [-0.05, 0) is 50.1 Å². The molecule has 3 nitrogen and oxygen atoms in total. The van der Waals surface area contributed by atoms with Crippen molar-refractivity contribution in [2.24, 2.45) is 0 Å². The Bertz CT molecular complexity index is 521. The van der Waals surface area contributed by atoms with Crippen LogP contribution in [0.2, 0.25) is 0 Å². The number of amides is 1. The van der Waals surface area contributed by atoms with Gasteiger partial charge in [-0.25, -0.2) is 0 Å². The minimum absolute atomic E-state index is 0.508. The molecule has 0 spiro atoms. The van der Waals surface area contributed by atoms with E-state index in [0.717, 1.165) is 23.3 Å². The molecule has 0 aromatic heterocycles. The van der Waals surface area contributed by atoms with E-state index in [0.29, 0.717) is 12.4 Å². The zero-order valence-corrected chi connectivity index (χ0v) is 14.3. The summed E-state index contributed by atoms with van der Waals surface area (Å²) < 4.78 is 41.7. The molecule has 7 heteroatoms. The highest BCUT2D eigenvalue weighted by Crippen LogP contribution is 2.20. The molecule has 0 heterocycles. The van der Waals surface area contributed by atoms with Crippen LogP contribution in [0.3, 0.4) is 0 Å². The van der Waals surface area contributed by atoms with Crippen LogP contribution in [0, 0.1) is 13.8 Å². The summed E-state index contributed by atoms with van der Waals surface area (Å²) in [7, 11) is 0. The monoisotopic (exact) mass is 349 g/mol. The number of halogens is 3. The number of nitrogens with one attached hydrogen (secondary N) is 1. The van der Waals surface area contributed by atoms with Gasteiger partial charge < -0.3 is 10.1 Å². The fourth-order valence-corrected chi connectivity index (χ4v) is 2.64. The summed E-state index contributed by atoms with van der Waals surface area (Å²) in [5.41, 5.74) is 2.18. The predicted molar refractivity (Wildman–Crippen MR) is 87.0 cm³/mol. The van der Waals surface area contributed by atoms with E-state index >= 15 is 0 Å². The van der Waals surface area contributed by atoms with Crippen LogP contribution in [0.1, 0.15) is 24.5 Å². The first-order valence-electron chi connectivity index (χ1n) is 7.35. The molecule has 0 bridgehead atoms. The molecule has 1 aromatic carbocycles. The highest BCUT2D eigenvalue weighted by Gasteiger charge is 2.28. The number of hydrogen-bond acceptors (Lipinski definition) is 3. The maximum atomic E-state index is 12.0. The van der Waals surface area contributed by atoms with Crippen LogP contribution in [0.25, 0.3) is 0 Å². The third-order valence-electron chi connectivity index (χ3n) is 3.09. The average Bonchev–Trinajstić information content (AvgIpc) is 2.46. The van der Waals surface area contributed by atoms with Crippen LogP contribution in [0.5, 0.6) is 5.75 Å². The average molecular weight is 349 g/mol. The Balaban J connectivity index is 2.21. The van der Waals surface area contributed by atoms with Crippen LogP contribution in [0.4, 0.5) is 13.2 Å². The fourth-order valence-electron chi connectivity index (χ4n) is 1.77. The van der Waals surface area contributed by atoms with Crippen molar-refractivity contribution in [2.75, 3.05) is 18.9 Å². The molecule has 1 aromatic rings. The van der Waals surface area contributed by atoms with Gasteiger partial charge in [0.15, 0.2) is 0 Å². The predicted octanol–water partition coefficient (Wildman–Crippen LogP) is 3.87. The summed E-state index contributed by atoms with van der Waals surface area (Å²) in [5, 5.41) is 1.37. The number of aryl methyl sites for hydroxylation is 2. The van der Waals surface area contributed by atoms with E-state index in [-0.39, 0.29) is 0 Å². The van der Waals surface area contributed by atoms with Crippen LogP contribution in [-0.2, 0) is 4.79 Å². The van der Waals surface area contributed by atoms with Crippen molar-refractivity contribution in [3.8, 4) is 5.75 Å². The van der Waals surface area contributed by atoms with Crippen LogP contribution >= 0.6 is 11.8 Å². The number of hydrogen-bond donors (Lipinski definition) is 1. The van der Waals surface area contributed by atoms with E-state index in [2.05, 4.69) is 0 Å². The Labute approximate surface area is 139 Å². The molecule has 1 amide bonds. The first-order valence-corrected chi connectivity index (χ1v) is 8.40. The summed E-state index contributed by atoms with van der Waals surface area (Å²) in [6, 6.07) is 5.97. The first kappa shape index (κ1) is 19.7. The van der Waals surface area contributed by atoms with E-state index in [9.17, 15) is 18.0 Å². The molecule has 0 radical (unpaired) electrons. The number of ether oxygens (including phenoxy) is 1. The molecule has 1 atom stereocenters. The van der Waals surface area contributed by atoms with Crippen LogP contribution < -0.4 is 10.1 Å². The van der Waals surface area contributed by atoms with Gasteiger partial charge in [-0.1, -0.05) is 12.1 Å². The second kappa shape index (κ2) is 9.05. The Hall–Kier alpha value is -1.37. The van der Waals surface area contributed by atoms with Crippen molar-refractivity contribution in [1.82, 2.24) is 5.32 Å². The van der Waals surface area contributed by atoms with Gasteiger partial charge in [0, 0.05) is 0 Å². The van der Waals surface area contributed by atoms with Gasteiger partial charge in [0.25, 0.3) is 0 Å². The molecular formula is C16H22F3NO2S. The second-order valence-corrected chi connectivity index (χ2v) is 6.77. The normalized spacial score (nSPS) is 12.8. The smallest absolute Gasteiger partial charge is 0.405 e. The van der Waals surface area contributed by atoms with Gasteiger partial charge in [0.2, 0.25) is 5.91 Å². The van der Waals surface area contributed by atoms with Crippen LogP contribution in [0.15, 0.2) is 18.2 Å². The topological polar surface area (TPSA) is 38.3 Å². The molecule has 1 unspecified atom stereocenters. The SMILES string of the molecule is Cc1ccc(C)c(OCCCSC(C)C(=O)NCC(F)(F)F)c1. The minimum Gasteiger partial charge on any atom is -0.493 e. The van der Waals surface area contributed by atoms with Gasteiger partial charge in [-0.2, -0.15) is 13.2 Å². The Kier molecular flexibility index (Phi) is 7.75. The number of alkyl halides is 3. The number of thioether (sulfide) groups is 1. The molecule has 0 saturated heterocycles. The maximum absolute atomic E-state index is 12.0. The lowest BCUT2D eigenvalue weighted by atomic mass is 10.1. The molecule has 1 N–H and O–H groups in total. The molecule has 0 aliphatic heterocycles. The summed E-state index contributed by atoms with van der Waals surface area (Å²) in [5.74, 6) is 0.889. The van der Waals surface area contributed by atoms with Gasteiger partial charge in [-0.3, -0.25) is 4.79 Å². The Morgan fingerprint density at radius 3 is 2.70 bits per heavy atom. The van der Waals surface area contributed by atoms with Gasteiger partial charge in [-0.15, -0.1) is 11.8 Å². The van der Waals surface area contributed by atoms with Crippen LogP contribution in [-0.4, -0.2) is 36.2 Å². The van der Waals surface area contributed by atoms with Crippen molar-refractivity contribution in [3.05, 3.63) is 29.3 Å². The van der Waals surface area contributed by atoms with Crippen molar-refractivity contribution in [1.29, 1.82) is 0 Å². The maximum Gasteiger partial charge on any atom is 0.405 e. The molecule has 0 fully saturated rings. The summed E-state index contributed by atoms with van der Waals surface area (Å²) in [4.78, 5) is 11.5. The molecule has 130 valence electrons. The minimum atomic E-state index is -4.38. The number of benzene rings is 1. The lowest BCUT2D eigenvalue weighted by Gasteiger charge is -2.14. The number of carbonyl (C=O) groups is 1. The molecular weight excluding hydrogens is 327 g/mol. The fraction of sp³-hybridized carbons (Fsp3) is 0.562. The zero-order valence-electron chi connectivity index (χ0n) is 13.5. The standard InChI is InChI=1S/C16H22F3NO2S/c1-11-5-6-12(2)14(9-11)22-7-4-8-23-13(3)15(21)20-10-16(17,18)19/h5-6,9,13H,4,7-8,10H2,1-3H3,(H,20,21). The third kappa shape index (κ3) is 8.16. The highest BCUT2D eigenvalue weighted by molar-refractivity contribution is 8.00. The highest BCUT2D eigenvalue weighted by atomic mass is 32.2. The largest absolute Gasteiger partial charge is 0.493 e. The van der Waals surface area contributed by atoms with E-state index in [1.54, 1.807) is 6.92 Å². The molecule has 0 aliphatic rings. The number of carbonyl (C=O) groups excluding carboxylic acids is 1. The van der Waals surface area contributed by atoms with E-state index in [1.807, 2.05) is 37.4 Å². The van der Waals surface area contributed by atoms with E-state index in [4.69, 9.17) is 4.74 Å². The second-order valence-electron chi connectivity index (χ2n) is 5.32. The van der Waals surface area contributed by atoms with Gasteiger partial charge >= 0.3 is 6.18 Å². The number of rotatable bonds is 8. The lowest BCUT2D eigenvalue weighted by Crippen LogP contribution is -2.38. The van der Waals surface area contributed by atoms with Crippen molar-refractivity contribution >= 4 is 17.7 Å². The zero-order chi connectivity index (χ0) is 17.5. The van der Waals surface area contributed by atoms with Crippen molar-refractivity contribution in [3.63, 3.8) is 0 Å². The van der Waals surface area contributed by atoms with Gasteiger partial charge in [0.05, 0.1) is 11.9 Å². The van der Waals surface area contributed by atoms with E-state index in [1.165, 1.54) is 11.8 Å². The summed E-state index contributed by atoms with van der Waals surface area (Å²) in [6.07, 6.45) is -3.66. The van der Waals surface area contributed by atoms with Gasteiger partial charge in [0.1, 0.15) is 12.3 Å². The first-order chi connectivity index (χ1) is 10.7. The molecule has 0 aliphatic carbocycles. The lowest BCUT2D eigenvalue weighted by molar-refractivity contribution is -0.137. The Morgan fingerprint density at radius 2 is 2.04 bits per heavy atom. The summed E-state index contributed by atoms with van der Waals surface area (Å²) >= 11 is 1.32. The summed E-state index contributed by atoms with van der Waals surface area (Å²) in [6.45, 7) is 4.78.